The average molecular weight is 269 g/mol. The van der Waals surface area contributed by atoms with Crippen LogP contribution < -0.4 is 14.8 Å². The molecule has 2 unspecified atom stereocenters. The molecule has 0 saturated heterocycles. The maximum absolute atomic E-state index is 9.27. The highest BCUT2D eigenvalue weighted by Gasteiger charge is 2.09. The van der Waals surface area contributed by atoms with Gasteiger partial charge in [0.1, 0.15) is 0 Å². The summed E-state index contributed by atoms with van der Waals surface area (Å²) in [5.41, 5.74) is 1.12. The molecule has 1 aromatic rings. The van der Waals surface area contributed by atoms with Gasteiger partial charge in [-0.15, -0.1) is 0 Å². The molecule has 108 valence electrons. The van der Waals surface area contributed by atoms with Gasteiger partial charge in [-0.2, -0.15) is 0 Å². The number of hydrogen-bond donors (Lipinski definition) is 3. The van der Waals surface area contributed by atoms with Crippen LogP contribution in [-0.4, -0.2) is 49.7 Å². The largest absolute Gasteiger partial charge is 0.493 e. The van der Waals surface area contributed by atoms with Gasteiger partial charge in [-0.05, 0) is 31.0 Å². The first-order valence-electron chi connectivity index (χ1n) is 6.34. The van der Waals surface area contributed by atoms with Crippen LogP contribution in [0.5, 0.6) is 11.5 Å². The second-order valence-corrected chi connectivity index (χ2v) is 4.54. The van der Waals surface area contributed by atoms with Gasteiger partial charge in [-0.1, -0.05) is 6.07 Å². The molecule has 0 heterocycles. The van der Waals surface area contributed by atoms with Gasteiger partial charge in [0.05, 0.1) is 26.9 Å². The van der Waals surface area contributed by atoms with Crippen molar-refractivity contribution in [1.29, 1.82) is 0 Å². The lowest BCUT2D eigenvalue weighted by Gasteiger charge is -2.17. The van der Waals surface area contributed by atoms with E-state index in [-0.39, 0.29) is 12.6 Å². The van der Waals surface area contributed by atoms with Gasteiger partial charge in [-0.25, -0.2) is 0 Å². The summed E-state index contributed by atoms with van der Waals surface area (Å²) in [6.45, 7) is 2.18. The molecule has 0 spiro atoms. The van der Waals surface area contributed by atoms with Crippen LogP contribution in [0.3, 0.4) is 0 Å². The van der Waals surface area contributed by atoms with Crippen LogP contribution in [0.15, 0.2) is 18.2 Å². The van der Waals surface area contributed by atoms with Crippen LogP contribution in [0.4, 0.5) is 0 Å². The molecular formula is C14H23NO4. The Morgan fingerprint density at radius 1 is 1.21 bits per heavy atom. The molecule has 0 fully saturated rings. The van der Waals surface area contributed by atoms with Crippen LogP contribution in [0, 0.1) is 0 Å². The van der Waals surface area contributed by atoms with E-state index in [9.17, 15) is 5.11 Å². The molecule has 0 radical (unpaired) electrons. The molecule has 0 aliphatic carbocycles. The quantitative estimate of drug-likeness (QED) is 0.644. The lowest BCUT2D eigenvalue weighted by molar-refractivity contribution is 0.0924. The van der Waals surface area contributed by atoms with E-state index in [1.165, 1.54) is 0 Å². The van der Waals surface area contributed by atoms with Crippen molar-refractivity contribution >= 4 is 0 Å². The van der Waals surface area contributed by atoms with Crippen LogP contribution >= 0.6 is 0 Å². The average Bonchev–Trinajstić information content (AvgIpc) is 2.44. The molecule has 5 nitrogen and oxygen atoms in total. The zero-order chi connectivity index (χ0) is 14.3. The second-order valence-electron chi connectivity index (χ2n) is 4.54. The van der Waals surface area contributed by atoms with Gasteiger partial charge >= 0.3 is 0 Å². The van der Waals surface area contributed by atoms with Gasteiger partial charge in [-0.3, -0.25) is 0 Å². The molecule has 0 aliphatic heterocycles. The minimum Gasteiger partial charge on any atom is -0.493 e. The van der Waals surface area contributed by atoms with E-state index < -0.39 is 6.10 Å². The van der Waals surface area contributed by atoms with E-state index in [0.717, 1.165) is 12.0 Å². The van der Waals surface area contributed by atoms with Gasteiger partial charge in [0.25, 0.3) is 0 Å². The lowest BCUT2D eigenvalue weighted by atomic mass is 10.1. The molecule has 1 rings (SSSR count). The Hall–Kier alpha value is -1.30. The number of nitrogens with one attached hydrogen (secondary N) is 1. The zero-order valence-corrected chi connectivity index (χ0v) is 11.7. The summed E-state index contributed by atoms with van der Waals surface area (Å²) >= 11 is 0. The molecule has 2 atom stereocenters. The molecule has 1 aromatic carbocycles. The van der Waals surface area contributed by atoms with Gasteiger partial charge < -0.3 is 25.0 Å². The fraction of sp³-hybridized carbons (Fsp3) is 0.571. The third-order valence-electron chi connectivity index (χ3n) is 2.90. The molecule has 3 N–H and O–H groups in total. The summed E-state index contributed by atoms with van der Waals surface area (Å²) in [5.74, 6) is 1.42. The van der Waals surface area contributed by atoms with Gasteiger partial charge in [0, 0.05) is 12.6 Å². The molecule has 19 heavy (non-hydrogen) atoms. The van der Waals surface area contributed by atoms with Crippen LogP contribution in [-0.2, 0) is 6.42 Å². The maximum atomic E-state index is 9.27. The normalized spacial score (nSPS) is 13.9. The SMILES string of the molecule is COc1ccc(CC(C)NCC(O)CO)cc1OC. The third-order valence-corrected chi connectivity index (χ3v) is 2.90. The van der Waals surface area contributed by atoms with Gasteiger partial charge in [0.2, 0.25) is 0 Å². The monoisotopic (exact) mass is 269 g/mol. The predicted molar refractivity (Wildman–Crippen MR) is 73.8 cm³/mol. The molecule has 0 bridgehead atoms. The van der Waals surface area contributed by atoms with Crippen molar-refractivity contribution in [2.75, 3.05) is 27.4 Å². The number of benzene rings is 1. The van der Waals surface area contributed by atoms with E-state index in [4.69, 9.17) is 14.6 Å². The van der Waals surface area contributed by atoms with Gasteiger partial charge in [0.15, 0.2) is 11.5 Å². The summed E-state index contributed by atoms with van der Waals surface area (Å²) in [6.07, 6.45) is 0.0891. The smallest absolute Gasteiger partial charge is 0.160 e. The molecular weight excluding hydrogens is 246 g/mol. The van der Waals surface area contributed by atoms with E-state index in [1.54, 1.807) is 14.2 Å². The Labute approximate surface area is 114 Å². The van der Waals surface area contributed by atoms with Crippen LogP contribution in [0.2, 0.25) is 0 Å². The Morgan fingerprint density at radius 3 is 2.47 bits per heavy atom. The van der Waals surface area contributed by atoms with E-state index in [1.807, 2.05) is 25.1 Å². The molecule has 0 aliphatic rings. The number of aliphatic hydroxyl groups is 2. The van der Waals surface area contributed by atoms with Crippen LogP contribution in [0.1, 0.15) is 12.5 Å². The first-order chi connectivity index (χ1) is 9.10. The minimum absolute atomic E-state index is 0.194. The van der Waals surface area contributed by atoms with Crippen molar-refractivity contribution in [1.82, 2.24) is 5.32 Å². The Kier molecular flexibility index (Phi) is 6.62. The standard InChI is InChI=1S/C14H23NO4/c1-10(15-8-12(17)9-16)6-11-4-5-13(18-2)14(7-11)19-3/h4-5,7,10,12,15-17H,6,8-9H2,1-3H3. The van der Waals surface area contributed by atoms with Crippen molar-refractivity contribution < 1.29 is 19.7 Å². The third kappa shape index (κ3) is 5.06. The Morgan fingerprint density at radius 2 is 1.89 bits per heavy atom. The maximum Gasteiger partial charge on any atom is 0.160 e. The number of rotatable bonds is 8. The first kappa shape index (κ1) is 15.8. The summed E-state index contributed by atoms with van der Waals surface area (Å²) in [6, 6.07) is 6.00. The Bertz CT molecular complexity index is 384. The fourth-order valence-electron chi connectivity index (χ4n) is 1.84. The van der Waals surface area contributed by atoms with E-state index >= 15 is 0 Å². The lowest BCUT2D eigenvalue weighted by Crippen LogP contribution is -2.36. The van der Waals surface area contributed by atoms with E-state index in [2.05, 4.69) is 5.32 Å². The zero-order valence-electron chi connectivity index (χ0n) is 11.7. The van der Waals surface area contributed by atoms with Crippen molar-refractivity contribution in [3.05, 3.63) is 23.8 Å². The molecule has 0 aromatic heterocycles. The molecule has 0 saturated carbocycles. The Balaban J connectivity index is 2.56. The van der Waals surface area contributed by atoms with Crippen molar-refractivity contribution in [2.45, 2.75) is 25.5 Å². The van der Waals surface area contributed by atoms with Crippen molar-refractivity contribution in [3.63, 3.8) is 0 Å². The van der Waals surface area contributed by atoms with Crippen molar-refractivity contribution in [3.8, 4) is 11.5 Å². The van der Waals surface area contributed by atoms with E-state index in [0.29, 0.717) is 18.0 Å². The predicted octanol–water partition coefficient (Wildman–Crippen LogP) is 0.578. The van der Waals surface area contributed by atoms with Crippen molar-refractivity contribution in [2.24, 2.45) is 0 Å². The topological polar surface area (TPSA) is 71.0 Å². The summed E-state index contributed by atoms with van der Waals surface area (Å²) in [7, 11) is 3.22. The fourth-order valence-corrected chi connectivity index (χ4v) is 1.84. The highest BCUT2D eigenvalue weighted by molar-refractivity contribution is 5.43. The highest BCUT2D eigenvalue weighted by Crippen LogP contribution is 2.27. The van der Waals surface area contributed by atoms with Crippen LogP contribution in [0.25, 0.3) is 0 Å². The summed E-state index contributed by atoms with van der Waals surface area (Å²) < 4.78 is 10.4. The minimum atomic E-state index is -0.715. The second kappa shape index (κ2) is 7.99. The number of ether oxygens (including phenoxy) is 2. The molecule has 5 heteroatoms. The summed E-state index contributed by atoms with van der Waals surface area (Å²) in [5, 5.41) is 21.2. The number of methoxy groups -OCH3 is 2. The number of aliphatic hydroxyl groups excluding tert-OH is 2. The highest BCUT2D eigenvalue weighted by atomic mass is 16.5. The first-order valence-corrected chi connectivity index (χ1v) is 6.34. The summed E-state index contributed by atoms with van der Waals surface area (Å²) in [4.78, 5) is 0. The molecule has 0 amide bonds. The number of hydrogen-bond acceptors (Lipinski definition) is 5.